The van der Waals surface area contributed by atoms with Gasteiger partial charge in [-0.15, -0.1) is 0 Å². The highest BCUT2D eigenvalue weighted by molar-refractivity contribution is 6.09. The maximum Gasteiger partial charge on any atom is 0.313 e. The molecule has 0 amide bonds. The molecule has 2 aromatic rings. The van der Waals surface area contributed by atoms with Gasteiger partial charge in [-0.25, -0.2) is 0 Å². The van der Waals surface area contributed by atoms with Crippen molar-refractivity contribution >= 4 is 11.8 Å². The number of ketones is 1. The van der Waals surface area contributed by atoms with Crippen LogP contribution in [0.3, 0.4) is 0 Å². The lowest BCUT2D eigenvalue weighted by atomic mass is 9.96. The number of ether oxygens (including phenoxy) is 1. The van der Waals surface area contributed by atoms with Crippen LogP contribution in [-0.4, -0.2) is 74.9 Å². The van der Waals surface area contributed by atoms with Crippen molar-refractivity contribution in [3.63, 3.8) is 0 Å². The summed E-state index contributed by atoms with van der Waals surface area (Å²) in [5.41, 5.74) is 1.47. The topological polar surface area (TPSA) is 145 Å². The Morgan fingerprint density at radius 1 is 0.867 bits per heavy atom. The Balaban J connectivity index is 2.00. The molecule has 5 N–H and O–H groups in total. The van der Waals surface area contributed by atoms with E-state index in [4.69, 9.17) is 9.84 Å². The third kappa shape index (κ3) is 5.94. The summed E-state index contributed by atoms with van der Waals surface area (Å²) < 4.78 is 5.00. The normalized spacial score (nSPS) is 16.2. The molecule has 0 saturated heterocycles. The molecule has 0 saturated carbocycles. The quantitative estimate of drug-likeness (QED) is 0.268. The van der Waals surface area contributed by atoms with Crippen molar-refractivity contribution in [3.8, 4) is 0 Å². The van der Waals surface area contributed by atoms with Crippen LogP contribution in [0.4, 0.5) is 0 Å². The monoisotopic (exact) mass is 418 g/mol. The number of carbonyl (C=O) groups is 2. The molecule has 0 aliphatic heterocycles. The first kappa shape index (κ1) is 23.7. The Kier molecular flexibility index (Phi) is 8.64. The van der Waals surface area contributed by atoms with E-state index in [0.29, 0.717) is 16.7 Å². The van der Waals surface area contributed by atoms with Crippen LogP contribution in [0.2, 0.25) is 0 Å². The lowest BCUT2D eigenvalue weighted by Crippen LogP contribution is -2.47. The molecule has 1 unspecified atom stereocenters. The minimum absolute atomic E-state index is 0.187. The zero-order valence-corrected chi connectivity index (χ0v) is 16.5. The molecule has 0 aromatic heterocycles. The summed E-state index contributed by atoms with van der Waals surface area (Å²) in [5.74, 6) is -1.65. The SMILES string of the molecule is CC(C(=O)OC[C@@H](O)[C@@H](O)[C@H](O)[C@H](O)CO)c1cccc(C(=O)c2ccccc2)c1. The van der Waals surface area contributed by atoms with E-state index in [0.717, 1.165) is 0 Å². The van der Waals surface area contributed by atoms with Crippen LogP contribution >= 0.6 is 0 Å². The van der Waals surface area contributed by atoms with E-state index in [1.165, 1.54) is 0 Å². The first-order valence-corrected chi connectivity index (χ1v) is 9.45. The molecule has 0 fully saturated rings. The van der Waals surface area contributed by atoms with Gasteiger partial charge in [-0.05, 0) is 18.6 Å². The second-order valence-electron chi connectivity index (χ2n) is 6.97. The van der Waals surface area contributed by atoms with Crippen LogP contribution in [0, 0.1) is 0 Å². The van der Waals surface area contributed by atoms with E-state index in [2.05, 4.69) is 0 Å². The lowest BCUT2D eigenvalue weighted by molar-refractivity contribution is -0.157. The fourth-order valence-corrected chi connectivity index (χ4v) is 2.80. The lowest BCUT2D eigenvalue weighted by Gasteiger charge is -2.25. The smallest absolute Gasteiger partial charge is 0.313 e. The fraction of sp³-hybridized carbons (Fsp3) is 0.364. The maximum atomic E-state index is 12.6. The molecule has 0 bridgehead atoms. The largest absolute Gasteiger partial charge is 0.462 e. The first-order chi connectivity index (χ1) is 14.3. The van der Waals surface area contributed by atoms with Gasteiger partial charge in [0.2, 0.25) is 0 Å². The molecule has 0 spiro atoms. The number of aliphatic hydroxyl groups is 5. The predicted molar refractivity (Wildman–Crippen MR) is 107 cm³/mol. The molecule has 0 aliphatic carbocycles. The Labute approximate surface area is 174 Å². The molecular formula is C22H26O8. The average molecular weight is 418 g/mol. The number of hydrogen-bond donors (Lipinski definition) is 5. The number of rotatable bonds is 10. The molecular weight excluding hydrogens is 392 g/mol. The van der Waals surface area contributed by atoms with Crippen LogP contribution in [0.5, 0.6) is 0 Å². The van der Waals surface area contributed by atoms with Gasteiger partial charge in [0.25, 0.3) is 0 Å². The maximum absolute atomic E-state index is 12.6. The van der Waals surface area contributed by atoms with E-state index in [1.54, 1.807) is 61.5 Å². The van der Waals surface area contributed by atoms with Crippen molar-refractivity contribution in [2.75, 3.05) is 13.2 Å². The van der Waals surface area contributed by atoms with Crippen molar-refractivity contribution in [1.29, 1.82) is 0 Å². The number of aliphatic hydroxyl groups excluding tert-OH is 5. The van der Waals surface area contributed by atoms with Gasteiger partial charge in [-0.1, -0.05) is 48.5 Å². The second-order valence-corrected chi connectivity index (χ2v) is 6.97. The van der Waals surface area contributed by atoms with Gasteiger partial charge in [0.05, 0.1) is 12.5 Å². The first-order valence-electron chi connectivity index (χ1n) is 9.45. The Bertz CT molecular complexity index is 838. The Hall–Kier alpha value is -2.62. The van der Waals surface area contributed by atoms with Crippen molar-refractivity contribution in [3.05, 3.63) is 71.3 Å². The van der Waals surface area contributed by atoms with Gasteiger partial charge in [-0.2, -0.15) is 0 Å². The highest BCUT2D eigenvalue weighted by Crippen LogP contribution is 2.20. The highest BCUT2D eigenvalue weighted by atomic mass is 16.5. The van der Waals surface area contributed by atoms with Gasteiger partial charge in [-0.3, -0.25) is 9.59 Å². The van der Waals surface area contributed by atoms with Gasteiger partial charge < -0.3 is 30.3 Å². The van der Waals surface area contributed by atoms with Crippen molar-refractivity contribution in [2.24, 2.45) is 0 Å². The number of benzene rings is 2. The Morgan fingerprint density at radius 2 is 1.47 bits per heavy atom. The molecule has 5 atom stereocenters. The molecule has 162 valence electrons. The number of carbonyl (C=O) groups excluding carboxylic acids is 2. The highest BCUT2D eigenvalue weighted by Gasteiger charge is 2.31. The van der Waals surface area contributed by atoms with Crippen molar-refractivity contribution in [2.45, 2.75) is 37.3 Å². The number of hydrogen-bond acceptors (Lipinski definition) is 8. The Morgan fingerprint density at radius 3 is 2.10 bits per heavy atom. The molecule has 30 heavy (non-hydrogen) atoms. The summed E-state index contributed by atoms with van der Waals surface area (Å²) in [6.07, 6.45) is -6.93. The summed E-state index contributed by atoms with van der Waals surface area (Å²) in [6.45, 7) is 0.142. The summed E-state index contributed by atoms with van der Waals surface area (Å²) in [4.78, 5) is 24.9. The average Bonchev–Trinajstić information content (AvgIpc) is 2.80. The van der Waals surface area contributed by atoms with Crippen LogP contribution < -0.4 is 0 Å². The summed E-state index contributed by atoms with van der Waals surface area (Å²) in [7, 11) is 0. The van der Waals surface area contributed by atoms with E-state index < -0.39 is 49.5 Å². The van der Waals surface area contributed by atoms with Crippen LogP contribution in [0.25, 0.3) is 0 Å². The minimum atomic E-state index is -1.82. The second kappa shape index (κ2) is 11.0. The third-order valence-electron chi connectivity index (χ3n) is 4.76. The van der Waals surface area contributed by atoms with Crippen molar-refractivity contribution in [1.82, 2.24) is 0 Å². The van der Waals surface area contributed by atoms with E-state index >= 15 is 0 Å². The zero-order valence-electron chi connectivity index (χ0n) is 16.5. The summed E-state index contributed by atoms with van der Waals surface area (Å²) in [6, 6.07) is 15.3. The minimum Gasteiger partial charge on any atom is -0.462 e. The summed E-state index contributed by atoms with van der Waals surface area (Å²) in [5, 5.41) is 47.3. The van der Waals surface area contributed by atoms with Gasteiger partial charge in [0.15, 0.2) is 5.78 Å². The van der Waals surface area contributed by atoms with E-state index in [9.17, 15) is 30.0 Å². The molecule has 0 heterocycles. The fourth-order valence-electron chi connectivity index (χ4n) is 2.80. The third-order valence-corrected chi connectivity index (χ3v) is 4.76. The molecule has 8 nitrogen and oxygen atoms in total. The summed E-state index contributed by atoms with van der Waals surface area (Å²) >= 11 is 0. The van der Waals surface area contributed by atoms with Gasteiger partial charge in [0.1, 0.15) is 31.0 Å². The molecule has 2 rings (SSSR count). The van der Waals surface area contributed by atoms with Crippen LogP contribution in [0.1, 0.15) is 34.3 Å². The van der Waals surface area contributed by atoms with Crippen LogP contribution in [0.15, 0.2) is 54.6 Å². The van der Waals surface area contributed by atoms with E-state index in [1.807, 2.05) is 0 Å². The molecule has 2 aromatic carbocycles. The number of esters is 1. The predicted octanol–water partition coefficient (Wildman–Crippen LogP) is 0.000200. The van der Waals surface area contributed by atoms with E-state index in [-0.39, 0.29) is 5.78 Å². The molecule has 0 radical (unpaired) electrons. The van der Waals surface area contributed by atoms with Gasteiger partial charge >= 0.3 is 5.97 Å². The van der Waals surface area contributed by atoms with Gasteiger partial charge in [0, 0.05) is 11.1 Å². The van der Waals surface area contributed by atoms with Crippen LogP contribution in [-0.2, 0) is 9.53 Å². The van der Waals surface area contributed by atoms with Crippen molar-refractivity contribution < 1.29 is 39.9 Å². The molecule has 0 aliphatic rings. The zero-order chi connectivity index (χ0) is 22.3. The standard InChI is InChI=1S/C22H26O8/c1-13(22(29)30-12-18(25)21(28)20(27)17(24)11-23)15-8-5-9-16(10-15)19(26)14-6-3-2-4-7-14/h2-10,13,17-18,20-21,23-25,27-28H,11-12H2,1H3/t13?,17-,18-,20-,21-/m1/s1. The molecule has 8 heteroatoms.